The zero-order valence-corrected chi connectivity index (χ0v) is 37.0. The topological polar surface area (TPSA) is 55.9 Å². The van der Waals surface area contributed by atoms with Gasteiger partial charge < -0.3 is 9.67 Å². The van der Waals surface area contributed by atoms with Crippen molar-refractivity contribution in [2.24, 2.45) is 0 Å². The number of para-hydroxylation sites is 5. The molecule has 0 aliphatic heterocycles. The minimum Gasteiger partial charge on any atom is -0.507 e. The van der Waals surface area contributed by atoms with E-state index in [2.05, 4.69) is 199 Å². The van der Waals surface area contributed by atoms with E-state index < -0.39 is 0 Å². The molecule has 0 spiro atoms. The minimum atomic E-state index is -0.386. The van der Waals surface area contributed by atoms with Gasteiger partial charge in [-0.25, -0.2) is 4.98 Å². The average Bonchev–Trinajstić information content (AvgIpc) is 3.89. The van der Waals surface area contributed by atoms with Gasteiger partial charge in [0.25, 0.3) is 0 Å². The number of phenolic OH excluding ortho intramolecular Hbond substituents is 1. The van der Waals surface area contributed by atoms with Crippen LogP contribution >= 0.6 is 0 Å². The van der Waals surface area contributed by atoms with E-state index in [1.165, 1.54) is 10.9 Å². The predicted octanol–water partition coefficient (Wildman–Crippen LogP) is 14.0. The van der Waals surface area contributed by atoms with Crippen LogP contribution in [0.25, 0.3) is 89.1 Å². The number of hydrogen-bond acceptors (Lipinski definition) is 3. The number of imidazole rings is 1. The first-order chi connectivity index (χ1) is 30.5. The molecule has 63 heavy (non-hydrogen) atoms. The molecule has 11 rings (SSSR count). The molecule has 11 aromatic rings. The zero-order valence-electron chi connectivity index (χ0n) is 34.7. The second kappa shape index (κ2) is 16.2. The van der Waals surface area contributed by atoms with Crippen molar-refractivity contribution in [3.63, 3.8) is 0 Å². The van der Waals surface area contributed by atoms with Gasteiger partial charge in [-0.3, -0.25) is 9.55 Å². The largest absolute Gasteiger partial charge is 0.507 e. The first kappa shape index (κ1) is 39.8. The van der Waals surface area contributed by atoms with Crippen LogP contribution in [0.4, 0.5) is 0 Å². The normalized spacial score (nSPS) is 11.6. The van der Waals surface area contributed by atoms with Gasteiger partial charge in [0.05, 0.1) is 27.8 Å². The van der Waals surface area contributed by atoms with Gasteiger partial charge in [-0.1, -0.05) is 165 Å². The van der Waals surface area contributed by atoms with Crippen LogP contribution < -0.4 is 0 Å². The first-order valence-corrected chi connectivity index (χ1v) is 21.0. The van der Waals surface area contributed by atoms with E-state index in [1.807, 2.05) is 30.5 Å². The Labute approximate surface area is 380 Å². The number of aromatic hydroxyl groups is 1. The van der Waals surface area contributed by atoms with Crippen molar-refractivity contribution in [1.29, 1.82) is 0 Å². The van der Waals surface area contributed by atoms with Gasteiger partial charge in [0.2, 0.25) is 0 Å². The van der Waals surface area contributed by atoms with Crippen LogP contribution in [0.1, 0.15) is 25.0 Å². The van der Waals surface area contributed by atoms with Crippen molar-refractivity contribution < 1.29 is 26.2 Å². The Hall–Kier alpha value is -7.33. The van der Waals surface area contributed by atoms with Gasteiger partial charge in [-0.05, 0) is 59.7 Å². The fraction of sp³-hybridized carbons (Fsp3) is 0.0526. The number of phenols is 1. The summed E-state index contributed by atoms with van der Waals surface area (Å²) < 4.78 is 4.52. The van der Waals surface area contributed by atoms with Crippen LogP contribution in [-0.2, 0) is 26.5 Å². The summed E-state index contributed by atoms with van der Waals surface area (Å²) in [6.45, 7) is 4.57. The van der Waals surface area contributed by atoms with Gasteiger partial charge in [-0.2, -0.15) is 0 Å². The Morgan fingerprint density at radius 3 is 1.92 bits per heavy atom. The molecule has 5 nitrogen and oxygen atoms in total. The van der Waals surface area contributed by atoms with E-state index in [0.717, 1.165) is 77.9 Å². The van der Waals surface area contributed by atoms with E-state index in [4.69, 9.17) is 9.97 Å². The maximum Gasteiger partial charge on any atom is 0.148 e. The van der Waals surface area contributed by atoms with Crippen LogP contribution in [0, 0.1) is 6.07 Å². The molecule has 0 aliphatic carbocycles. The number of fused-ring (bicyclic) bond motifs is 4. The Balaban J connectivity index is 0.00000471. The van der Waals surface area contributed by atoms with Crippen molar-refractivity contribution in [3.05, 3.63) is 224 Å². The Morgan fingerprint density at radius 1 is 0.524 bits per heavy atom. The quantitative estimate of drug-likeness (QED) is 0.154. The molecule has 0 amide bonds. The molecule has 6 heteroatoms. The molecule has 0 unspecified atom stereocenters. The van der Waals surface area contributed by atoms with Gasteiger partial charge in [0, 0.05) is 65.9 Å². The van der Waals surface area contributed by atoms with Crippen LogP contribution in [0.2, 0.25) is 0 Å². The predicted molar refractivity (Wildman–Crippen MR) is 254 cm³/mol. The minimum absolute atomic E-state index is 0. The van der Waals surface area contributed by atoms with Crippen molar-refractivity contribution in [2.75, 3.05) is 0 Å². The molecule has 0 bridgehead atoms. The third-order valence-electron chi connectivity index (χ3n) is 12.3. The molecule has 0 aliphatic rings. The summed E-state index contributed by atoms with van der Waals surface area (Å²) in [6, 6.07) is 73.0. The number of benzene rings is 8. The number of rotatable bonds is 8. The summed E-state index contributed by atoms with van der Waals surface area (Å²) in [5, 5.41) is 13.7. The number of aromatic nitrogens is 4. The van der Waals surface area contributed by atoms with E-state index in [-0.39, 0.29) is 32.2 Å². The molecule has 3 aromatic heterocycles. The van der Waals surface area contributed by atoms with E-state index in [1.54, 1.807) is 6.07 Å². The number of hydrogen-bond donors (Lipinski definition) is 1. The summed E-state index contributed by atoms with van der Waals surface area (Å²) in [5.74, 6) is 0.810. The SMILES string of the molecule is CC(C)(c1ccccc1)c1cc(-c2cccc3c2nc(-c2ccccc2O)n3-c2ccccc2-c2ccccc2)[c-]c(-c2nccc3c4ccccc4n(-c4ccccc4)c23)c1.[Pt]. The van der Waals surface area contributed by atoms with Crippen molar-refractivity contribution in [1.82, 2.24) is 19.1 Å². The summed E-state index contributed by atoms with van der Waals surface area (Å²) in [6.07, 6.45) is 1.92. The van der Waals surface area contributed by atoms with Crippen LogP contribution in [0.3, 0.4) is 0 Å². The van der Waals surface area contributed by atoms with Crippen LogP contribution in [-0.4, -0.2) is 24.2 Å². The average molecular weight is 993 g/mol. The molecule has 8 aromatic carbocycles. The molecule has 306 valence electrons. The summed E-state index contributed by atoms with van der Waals surface area (Å²) in [5.41, 5.74) is 14.2. The Bertz CT molecular complexity index is 3450. The molecule has 0 radical (unpaired) electrons. The summed E-state index contributed by atoms with van der Waals surface area (Å²) >= 11 is 0. The third kappa shape index (κ3) is 6.77. The second-order valence-electron chi connectivity index (χ2n) is 16.3. The van der Waals surface area contributed by atoms with Crippen molar-refractivity contribution in [3.8, 4) is 62.0 Å². The van der Waals surface area contributed by atoms with Gasteiger partial charge in [-0.15, -0.1) is 29.3 Å². The molecule has 3 heterocycles. The molecule has 1 N–H and O–H groups in total. The Morgan fingerprint density at radius 2 is 1.14 bits per heavy atom. The maximum atomic E-state index is 11.4. The van der Waals surface area contributed by atoms with Gasteiger partial charge in [0.15, 0.2) is 0 Å². The monoisotopic (exact) mass is 992 g/mol. The van der Waals surface area contributed by atoms with Gasteiger partial charge in [0.1, 0.15) is 11.6 Å². The fourth-order valence-corrected chi connectivity index (χ4v) is 9.12. The Kier molecular flexibility index (Phi) is 10.2. The van der Waals surface area contributed by atoms with E-state index in [9.17, 15) is 5.11 Å². The molecule has 0 atom stereocenters. The van der Waals surface area contributed by atoms with Crippen molar-refractivity contribution >= 4 is 32.8 Å². The molecule has 0 saturated heterocycles. The van der Waals surface area contributed by atoms with Crippen molar-refractivity contribution in [2.45, 2.75) is 19.3 Å². The molecular weight excluding hydrogens is 952 g/mol. The number of nitrogens with zero attached hydrogens (tertiary/aromatic N) is 4. The fourth-order valence-electron chi connectivity index (χ4n) is 9.12. The van der Waals surface area contributed by atoms with E-state index >= 15 is 0 Å². The van der Waals surface area contributed by atoms with Crippen LogP contribution in [0.5, 0.6) is 5.75 Å². The smallest absolute Gasteiger partial charge is 0.148 e. The zero-order chi connectivity index (χ0) is 41.8. The van der Waals surface area contributed by atoms with E-state index in [0.29, 0.717) is 11.4 Å². The summed E-state index contributed by atoms with van der Waals surface area (Å²) in [4.78, 5) is 10.7. The van der Waals surface area contributed by atoms with Gasteiger partial charge >= 0.3 is 0 Å². The first-order valence-electron chi connectivity index (χ1n) is 21.0. The molecular formula is C57H41N4OPt-. The summed E-state index contributed by atoms with van der Waals surface area (Å²) in [7, 11) is 0. The molecule has 0 fully saturated rings. The maximum absolute atomic E-state index is 11.4. The van der Waals surface area contributed by atoms with Crippen LogP contribution in [0.15, 0.2) is 206 Å². The third-order valence-corrected chi connectivity index (χ3v) is 12.3. The standard InChI is InChI=1S/C57H41N4O.Pt/c1-57(2,41-21-8-4-9-22-41)42-36-39(35-40(37-42)53-55-47(33-34-58-53)46-26-13-16-30-50(46)60(55)43-23-10-5-11-24-43)45-28-18-31-51-54(45)59-56(48-27-14-17-32-52(48)62)61(51)49-29-15-12-25-44(49)38-19-6-3-7-20-38;/h3-34,36-37,62H,1-2H3;/q-1;. The molecule has 0 saturated carbocycles. The number of pyridine rings is 1. The second-order valence-corrected chi connectivity index (χ2v) is 16.3.